The van der Waals surface area contributed by atoms with E-state index in [0.29, 0.717) is 17.9 Å². The average molecular weight is 329 g/mol. The standard InChI is InChI=1S/C17H23N5O2/c1-4-22(11-16-18-9-10-21(16)3)12-17(24)20-15-7-5-14(6-8-15)19-13(2)23/h5-10H,4,11-12H2,1-3H3,(H,19,23)(H,20,24). The Bertz CT molecular complexity index is 693. The van der Waals surface area contributed by atoms with Crippen molar-refractivity contribution in [3.8, 4) is 0 Å². The Hall–Kier alpha value is -2.67. The number of aromatic nitrogens is 2. The molecule has 24 heavy (non-hydrogen) atoms. The number of anilines is 2. The first-order valence-electron chi connectivity index (χ1n) is 7.84. The maximum absolute atomic E-state index is 12.2. The normalized spacial score (nSPS) is 10.7. The minimum atomic E-state index is -0.125. The van der Waals surface area contributed by atoms with Crippen LogP contribution in [0.3, 0.4) is 0 Å². The number of amides is 2. The van der Waals surface area contributed by atoms with Crippen LogP contribution in [0.4, 0.5) is 11.4 Å². The van der Waals surface area contributed by atoms with Gasteiger partial charge in [0.05, 0.1) is 13.1 Å². The molecule has 1 aromatic heterocycles. The van der Waals surface area contributed by atoms with Crippen LogP contribution in [0.2, 0.25) is 0 Å². The molecule has 2 N–H and O–H groups in total. The lowest BCUT2D eigenvalue weighted by atomic mass is 10.2. The van der Waals surface area contributed by atoms with Crippen LogP contribution in [0, 0.1) is 0 Å². The predicted molar refractivity (Wildman–Crippen MR) is 93.5 cm³/mol. The van der Waals surface area contributed by atoms with E-state index in [9.17, 15) is 9.59 Å². The van der Waals surface area contributed by atoms with Crippen molar-refractivity contribution in [3.63, 3.8) is 0 Å². The number of hydrogen-bond acceptors (Lipinski definition) is 4. The van der Waals surface area contributed by atoms with Gasteiger partial charge in [-0.1, -0.05) is 6.92 Å². The van der Waals surface area contributed by atoms with E-state index in [1.54, 1.807) is 30.5 Å². The number of rotatable bonds is 7. The Kier molecular flexibility index (Phi) is 6.08. The van der Waals surface area contributed by atoms with Crippen molar-refractivity contribution in [2.75, 3.05) is 23.7 Å². The number of nitrogens with one attached hydrogen (secondary N) is 2. The van der Waals surface area contributed by atoms with Crippen LogP contribution in [0.15, 0.2) is 36.7 Å². The van der Waals surface area contributed by atoms with Crippen LogP contribution in [0.5, 0.6) is 0 Å². The highest BCUT2D eigenvalue weighted by molar-refractivity contribution is 5.93. The van der Waals surface area contributed by atoms with E-state index in [0.717, 1.165) is 12.4 Å². The van der Waals surface area contributed by atoms with Gasteiger partial charge in [-0.2, -0.15) is 0 Å². The Labute approximate surface area is 141 Å². The summed E-state index contributed by atoms with van der Waals surface area (Å²) < 4.78 is 1.95. The first-order valence-corrected chi connectivity index (χ1v) is 7.84. The molecule has 7 nitrogen and oxygen atoms in total. The quantitative estimate of drug-likeness (QED) is 0.812. The molecule has 128 valence electrons. The molecule has 0 bridgehead atoms. The van der Waals surface area contributed by atoms with E-state index in [2.05, 4.69) is 15.6 Å². The fourth-order valence-electron chi connectivity index (χ4n) is 2.27. The van der Waals surface area contributed by atoms with Gasteiger partial charge < -0.3 is 15.2 Å². The molecular formula is C17H23N5O2. The number of nitrogens with zero attached hydrogens (tertiary/aromatic N) is 3. The third-order valence-electron chi connectivity index (χ3n) is 3.59. The van der Waals surface area contributed by atoms with Crippen LogP contribution in [0.25, 0.3) is 0 Å². The van der Waals surface area contributed by atoms with E-state index >= 15 is 0 Å². The number of carbonyl (C=O) groups is 2. The van der Waals surface area contributed by atoms with Gasteiger partial charge in [0.2, 0.25) is 11.8 Å². The maximum Gasteiger partial charge on any atom is 0.238 e. The number of imidazole rings is 1. The summed E-state index contributed by atoms with van der Waals surface area (Å²) in [6, 6.07) is 7.03. The minimum absolute atomic E-state index is 0.0849. The molecule has 2 aromatic rings. The maximum atomic E-state index is 12.2. The van der Waals surface area contributed by atoms with Crippen LogP contribution < -0.4 is 10.6 Å². The zero-order valence-corrected chi connectivity index (χ0v) is 14.2. The van der Waals surface area contributed by atoms with Gasteiger partial charge in [0.15, 0.2) is 0 Å². The molecule has 0 aliphatic heterocycles. The summed E-state index contributed by atoms with van der Waals surface area (Å²) in [4.78, 5) is 29.5. The van der Waals surface area contributed by atoms with E-state index in [4.69, 9.17) is 0 Å². The predicted octanol–water partition coefficient (Wildman–Crippen LogP) is 1.84. The lowest BCUT2D eigenvalue weighted by Crippen LogP contribution is -2.33. The van der Waals surface area contributed by atoms with Gasteiger partial charge in [0.1, 0.15) is 5.82 Å². The summed E-state index contributed by atoms with van der Waals surface area (Å²) in [5.41, 5.74) is 1.40. The summed E-state index contributed by atoms with van der Waals surface area (Å²) in [6.07, 6.45) is 3.64. The molecule has 0 aliphatic carbocycles. The van der Waals surface area contributed by atoms with Gasteiger partial charge in [0, 0.05) is 37.7 Å². The van der Waals surface area contributed by atoms with Crippen LogP contribution in [0.1, 0.15) is 19.7 Å². The first-order chi connectivity index (χ1) is 11.5. The Morgan fingerprint density at radius 1 is 1.17 bits per heavy atom. The van der Waals surface area contributed by atoms with Gasteiger partial charge in [-0.3, -0.25) is 14.5 Å². The third-order valence-corrected chi connectivity index (χ3v) is 3.59. The third kappa shape index (κ3) is 5.20. The molecule has 0 spiro atoms. The molecular weight excluding hydrogens is 306 g/mol. The summed E-state index contributed by atoms with van der Waals surface area (Å²) in [5.74, 6) is 0.710. The van der Waals surface area contributed by atoms with Crippen molar-refractivity contribution in [3.05, 3.63) is 42.5 Å². The van der Waals surface area contributed by atoms with E-state index in [1.165, 1.54) is 6.92 Å². The van der Waals surface area contributed by atoms with Gasteiger partial charge in [-0.05, 0) is 30.8 Å². The van der Waals surface area contributed by atoms with Crippen molar-refractivity contribution < 1.29 is 9.59 Å². The monoisotopic (exact) mass is 329 g/mol. The molecule has 2 amide bonds. The fraction of sp³-hybridized carbons (Fsp3) is 0.353. The van der Waals surface area contributed by atoms with Gasteiger partial charge in [-0.25, -0.2) is 4.98 Å². The second-order valence-electron chi connectivity index (χ2n) is 5.56. The minimum Gasteiger partial charge on any atom is -0.337 e. The van der Waals surface area contributed by atoms with Crippen molar-refractivity contribution in [1.82, 2.24) is 14.5 Å². The Morgan fingerprint density at radius 3 is 2.29 bits per heavy atom. The van der Waals surface area contributed by atoms with E-state index < -0.39 is 0 Å². The van der Waals surface area contributed by atoms with Gasteiger partial charge in [0.25, 0.3) is 0 Å². The summed E-state index contributed by atoms with van der Waals surface area (Å²) >= 11 is 0. The second kappa shape index (κ2) is 8.26. The lowest BCUT2D eigenvalue weighted by Gasteiger charge is -2.19. The van der Waals surface area contributed by atoms with Crippen molar-refractivity contribution in [1.29, 1.82) is 0 Å². The highest BCUT2D eigenvalue weighted by atomic mass is 16.2. The fourth-order valence-corrected chi connectivity index (χ4v) is 2.27. The highest BCUT2D eigenvalue weighted by Crippen LogP contribution is 2.13. The largest absolute Gasteiger partial charge is 0.337 e. The second-order valence-corrected chi connectivity index (χ2v) is 5.56. The van der Waals surface area contributed by atoms with Crippen molar-refractivity contribution in [2.24, 2.45) is 7.05 Å². The van der Waals surface area contributed by atoms with Gasteiger partial charge in [-0.15, -0.1) is 0 Å². The Morgan fingerprint density at radius 2 is 1.79 bits per heavy atom. The smallest absolute Gasteiger partial charge is 0.238 e. The number of benzene rings is 1. The molecule has 0 fully saturated rings. The summed E-state index contributed by atoms with van der Waals surface area (Å²) in [5, 5.41) is 5.55. The zero-order valence-electron chi connectivity index (χ0n) is 14.2. The first kappa shape index (κ1) is 17.7. The topological polar surface area (TPSA) is 79.3 Å². The molecule has 1 aromatic carbocycles. The van der Waals surface area contributed by atoms with Crippen LogP contribution in [-0.2, 0) is 23.2 Å². The number of hydrogen-bond donors (Lipinski definition) is 2. The highest BCUT2D eigenvalue weighted by Gasteiger charge is 2.12. The average Bonchev–Trinajstić information content (AvgIpc) is 2.93. The molecule has 7 heteroatoms. The van der Waals surface area contributed by atoms with Crippen LogP contribution >= 0.6 is 0 Å². The van der Waals surface area contributed by atoms with E-state index in [1.807, 2.05) is 29.6 Å². The number of carbonyl (C=O) groups excluding carboxylic acids is 2. The van der Waals surface area contributed by atoms with Crippen molar-refractivity contribution >= 4 is 23.2 Å². The molecule has 0 radical (unpaired) electrons. The Balaban J connectivity index is 1.89. The van der Waals surface area contributed by atoms with Crippen LogP contribution in [-0.4, -0.2) is 39.4 Å². The zero-order chi connectivity index (χ0) is 17.5. The molecule has 1 heterocycles. The molecule has 0 aliphatic rings. The number of likely N-dealkylation sites (N-methyl/N-ethyl adjacent to an activating group) is 1. The molecule has 0 unspecified atom stereocenters. The summed E-state index contributed by atoms with van der Waals surface area (Å²) in [7, 11) is 1.94. The van der Waals surface area contributed by atoms with E-state index in [-0.39, 0.29) is 18.4 Å². The molecule has 2 rings (SSSR count). The molecule has 0 saturated heterocycles. The van der Waals surface area contributed by atoms with Gasteiger partial charge >= 0.3 is 0 Å². The summed E-state index contributed by atoms with van der Waals surface area (Å²) in [6.45, 7) is 5.13. The molecule has 0 atom stereocenters. The van der Waals surface area contributed by atoms with Crippen molar-refractivity contribution in [2.45, 2.75) is 20.4 Å². The number of aryl methyl sites for hydroxylation is 1. The SMILES string of the molecule is CCN(CC(=O)Nc1ccc(NC(C)=O)cc1)Cc1nccn1C. The molecule has 0 saturated carbocycles. The lowest BCUT2D eigenvalue weighted by molar-refractivity contribution is -0.117.